The lowest BCUT2D eigenvalue weighted by Crippen LogP contribution is -2.42. The van der Waals surface area contributed by atoms with Crippen molar-refractivity contribution in [2.24, 2.45) is 0 Å². The summed E-state index contributed by atoms with van der Waals surface area (Å²) >= 11 is 0. The third kappa shape index (κ3) is 11.2. The molecule has 0 unspecified atom stereocenters. The summed E-state index contributed by atoms with van der Waals surface area (Å²) < 4.78 is 11.0. The Labute approximate surface area is 165 Å². The first-order valence-corrected chi connectivity index (χ1v) is 11.1. The van der Waals surface area contributed by atoms with Crippen LogP contribution >= 0.6 is 0 Å². The van der Waals surface area contributed by atoms with Crippen molar-refractivity contribution in [3.05, 3.63) is 12.2 Å². The van der Waals surface area contributed by atoms with Gasteiger partial charge in [0.2, 0.25) is 0 Å². The molecule has 1 aliphatic rings. The van der Waals surface area contributed by atoms with Crippen molar-refractivity contribution in [3.8, 4) is 0 Å². The molecule has 4 atom stereocenters. The summed E-state index contributed by atoms with van der Waals surface area (Å²) in [5.74, 6) is 0. The first-order chi connectivity index (χ1) is 13.2. The molecule has 1 saturated heterocycles. The topological polar surface area (TPSA) is 79.2 Å². The van der Waals surface area contributed by atoms with Gasteiger partial charge in [0.1, 0.15) is 24.4 Å². The molecule has 160 valence electrons. The molecule has 0 amide bonds. The van der Waals surface area contributed by atoms with E-state index in [9.17, 15) is 10.2 Å². The number of rotatable bonds is 17. The van der Waals surface area contributed by atoms with E-state index in [0.717, 1.165) is 12.8 Å². The number of unbranched alkanes of at least 4 members (excludes halogenated alkanes) is 10. The van der Waals surface area contributed by atoms with Gasteiger partial charge in [-0.15, -0.1) is 0 Å². The largest absolute Gasteiger partial charge is 0.394 e. The van der Waals surface area contributed by atoms with Crippen LogP contribution in [0.5, 0.6) is 0 Å². The first kappa shape index (κ1) is 24.6. The predicted octanol–water partition coefficient (Wildman–Crippen LogP) is 3.74. The molecule has 0 aromatic carbocycles. The van der Waals surface area contributed by atoms with Crippen LogP contribution < -0.4 is 0 Å². The molecule has 0 saturated carbocycles. The van der Waals surface area contributed by atoms with Crippen molar-refractivity contribution < 1.29 is 24.8 Å². The van der Waals surface area contributed by atoms with Crippen LogP contribution in [0.3, 0.4) is 0 Å². The zero-order valence-electron chi connectivity index (χ0n) is 17.2. The molecule has 0 aromatic rings. The van der Waals surface area contributed by atoms with Gasteiger partial charge >= 0.3 is 0 Å². The van der Waals surface area contributed by atoms with Gasteiger partial charge in [0, 0.05) is 6.61 Å². The van der Waals surface area contributed by atoms with Crippen molar-refractivity contribution >= 4 is 0 Å². The Kier molecular flexibility index (Phi) is 15.0. The molecule has 1 heterocycles. The van der Waals surface area contributed by atoms with Gasteiger partial charge in [-0.25, -0.2) is 0 Å². The van der Waals surface area contributed by atoms with Crippen LogP contribution in [0.15, 0.2) is 12.2 Å². The Bertz CT molecular complexity index is 361. The monoisotopic (exact) mass is 386 g/mol. The molecule has 3 N–H and O–H groups in total. The van der Waals surface area contributed by atoms with Crippen LogP contribution in [0.25, 0.3) is 0 Å². The van der Waals surface area contributed by atoms with Gasteiger partial charge < -0.3 is 24.8 Å². The number of aliphatic hydroxyl groups excluding tert-OH is 3. The highest BCUT2D eigenvalue weighted by molar-refractivity contribution is 4.89. The molecule has 5 nitrogen and oxygen atoms in total. The molecular weight excluding hydrogens is 344 g/mol. The molecule has 0 bridgehead atoms. The van der Waals surface area contributed by atoms with Crippen LogP contribution in [-0.4, -0.2) is 59.6 Å². The Morgan fingerprint density at radius 3 is 2.19 bits per heavy atom. The summed E-state index contributed by atoms with van der Waals surface area (Å²) in [5.41, 5.74) is 0. The third-order valence-electron chi connectivity index (χ3n) is 5.20. The van der Waals surface area contributed by atoms with Gasteiger partial charge in [-0.2, -0.15) is 0 Å². The fourth-order valence-electron chi connectivity index (χ4n) is 3.47. The second-order valence-electron chi connectivity index (χ2n) is 7.68. The van der Waals surface area contributed by atoms with Crippen LogP contribution in [0, 0.1) is 0 Å². The molecule has 27 heavy (non-hydrogen) atoms. The van der Waals surface area contributed by atoms with Crippen LogP contribution in [0.4, 0.5) is 0 Å². The van der Waals surface area contributed by atoms with Gasteiger partial charge in [0.25, 0.3) is 0 Å². The summed E-state index contributed by atoms with van der Waals surface area (Å²) in [4.78, 5) is 0. The summed E-state index contributed by atoms with van der Waals surface area (Å²) in [6.07, 6.45) is 16.6. The minimum atomic E-state index is -1.00. The van der Waals surface area contributed by atoms with E-state index >= 15 is 0 Å². The SMILES string of the molecule is CCCCC/C=C/CCCCCCCCCO[C@H]1[C@@H]([C@@H](O)CO)OC[C@H]1O. The third-order valence-corrected chi connectivity index (χ3v) is 5.20. The maximum atomic E-state index is 9.87. The minimum Gasteiger partial charge on any atom is -0.394 e. The van der Waals surface area contributed by atoms with E-state index in [4.69, 9.17) is 14.6 Å². The Hall–Kier alpha value is -0.460. The highest BCUT2D eigenvalue weighted by Crippen LogP contribution is 2.21. The van der Waals surface area contributed by atoms with Crippen molar-refractivity contribution in [3.63, 3.8) is 0 Å². The van der Waals surface area contributed by atoms with Crippen LogP contribution in [0.2, 0.25) is 0 Å². The highest BCUT2D eigenvalue weighted by atomic mass is 16.6. The fraction of sp³-hybridized carbons (Fsp3) is 0.909. The van der Waals surface area contributed by atoms with Crippen LogP contribution in [0.1, 0.15) is 84.0 Å². The van der Waals surface area contributed by atoms with Crippen molar-refractivity contribution in [1.29, 1.82) is 0 Å². The summed E-state index contributed by atoms with van der Waals surface area (Å²) in [6.45, 7) is 2.57. The number of hydrogen-bond donors (Lipinski definition) is 3. The van der Waals surface area contributed by atoms with E-state index in [1.165, 1.54) is 64.2 Å². The maximum absolute atomic E-state index is 9.87. The summed E-state index contributed by atoms with van der Waals surface area (Å²) in [6, 6.07) is 0. The van der Waals surface area contributed by atoms with Gasteiger partial charge in [0.15, 0.2) is 0 Å². The van der Waals surface area contributed by atoms with Crippen molar-refractivity contribution in [2.45, 2.75) is 108 Å². The lowest BCUT2D eigenvalue weighted by atomic mass is 10.1. The standard InChI is InChI=1S/C22H42O5/c1-2-3-4-5-6-7-8-9-10-11-12-13-14-15-16-26-22-20(25)18-27-21(22)19(24)17-23/h6-7,19-25H,2-5,8-18H2,1H3/b7-6+/t19-,20+,21+,22+/m0/s1. The Balaban J connectivity index is 1.90. The van der Waals surface area contributed by atoms with Crippen molar-refractivity contribution in [1.82, 2.24) is 0 Å². The molecule has 1 aliphatic heterocycles. The molecule has 0 aromatic heterocycles. The lowest BCUT2D eigenvalue weighted by Gasteiger charge is -2.23. The Morgan fingerprint density at radius 1 is 0.963 bits per heavy atom. The van der Waals surface area contributed by atoms with Crippen LogP contribution in [-0.2, 0) is 9.47 Å². The zero-order valence-corrected chi connectivity index (χ0v) is 17.2. The second kappa shape index (κ2) is 16.5. The summed E-state index contributed by atoms with van der Waals surface area (Å²) in [7, 11) is 0. The fourth-order valence-corrected chi connectivity index (χ4v) is 3.47. The second-order valence-corrected chi connectivity index (χ2v) is 7.68. The molecule has 0 radical (unpaired) electrons. The smallest absolute Gasteiger partial charge is 0.114 e. The van der Waals surface area contributed by atoms with Crippen molar-refractivity contribution in [2.75, 3.05) is 19.8 Å². The quantitative estimate of drug-likeness (QED) is 0.262. The number of allylic oxidation sites excluding steroid dienone is 2. The number of aliphatic hydroxyl groups is 3. The normalized spacial score (nSPS) is 24.1. The van der Waals surface area contributed by atoms with E-state index in [-0.39, 0.29) is 13.2 Å². The van der Waals surface area contributed by atoms with E-state index in [1.54, 1.807) is 0 Å². The molecule has 1 rings (SSSR count). The van der Waals surface area contributed by atoms with E-state index in [0.29, 0.717) is 6.61 Å². The molecule has 0 spiro atoms. The maximum Gasteiger partial charge on any atom is 0.114 e. The van der Waals surface area contributed by atoms with E-state index in [1.807, 2.05) is 0 Å². The average Bonchev–Trinajstić information content (AvgIpc) is 3.04. The molecular formula is C22H42O5. The summed E-state index contributed by atoms with van der Waals surface area (Å²) in [5, 5.41) is 28.6. The van der Waals surface area contributed by atoms with Gasteiger partial charge in [-0.05, 0) is 32.1 Å². The van der Waals surface area contributed by atoms with E-state index < -0.39 is 24.4 Å². The predicted molar refractivity (Wildman–Crippen MR) is 109 cm³/mol. The zero-order chi connectivity index (χ0) is 19.7. The molecule has 5 heteroatoms. The van der Waals surface area contributed by atoms with E-state index in [2.05, 4.69) is 19.1 Å². The Morgan fingerprint density at radius 2 is 1.56 bits per heavy atom. The van der Waals surface area contributed by atoms with Gasteiger partial charge in [-0.3, -0.25) is 0 Å². The minimum absolute atomic E-state index is 0.153. The number of ether oxygens (including phenoxy) is 2. The average molecular weight is 387 g/mol. The number of hydrogen-bond acceptors (Lipinski definition) is 5. The highest BCUT2D eigenvalue weighted by Gasteiger charge is 2.40. The first-order valence-electron chi connectivity index (χ1n) is 11.1. The van der Waals surface area contributed by atoms with Gasteiger partial charge in [0.05, 0.1) is 13.2 Å². The lowest BCUT2D eigenvalue weighted by molar-refractivity contribution is -0.0938. The van der Waals surface area contributed by atoms with Gasteiger partial charge in [-0.1, -0.05) is 64.0 Å². The molecule has 1 fully saturated rings. The molecule has 0 aliphatic carbocycles.